The minimum absolute atomic E-state index is 0.118. The summed E-state index contributed by atoms with van der Waals surface area (Å²) in [6, 6.07) is 14.0. The minimum Gasteiger partial charge on any atom is -0.497 e. The number of rotatable bonds is 9. The largest absolute Gasteiger partial charge is 0.497 e. The number of aliphatic hydroxyl groups is 1. The molecule has 2 aromatic rings. The lowest BCUT2D eigenvalue weighted by molar-refractivity contribution is -0.122. The van der Waals surface area contributed by atoms with E-state index in [2.05, 4.69) is 10.6 Å². The molecule has 0 bridgehead atoms. The molecular weight excluding hydrogens is 360 g/mol. The zero-order valence-electron chi connectivity index (χ0n) is 16.3. The molecule has 0 saturated heterocycles. The molecule has 7 nitrogen and oxygen atoms in total. The first-order valence-electron chi connectivity index (χ1n) is 8.89. The molecule has 0 saturated carbocycles. The highest BCUT2D eigenvalue weighted by Crippen LogP contribution is 2.17. The maximum absolute atomic E-state index is 12.0. The normalized spacial score (nSPS) is 10.9. The first-order chi connectivity index (χ1) is 13.3. The van der Waals surface area contributed by atoms with Crippen molar-refractivity contribution in [3.63, 3.8) is 0 Å². The van der Waals surface area contributed by atoms with Crippen LogP contribution in [0.25, 0.3) is 0 Å². The topological polar surface area (TPSA) is 96.9 Å². The second-order valence-electron chi connectivity index (χ2n) is 6.98. The van der Waals surface area contributed by atoms with Crippen LogP contribution in [0.15, 0.2) is 48.5 Å². The van der Waals surface area contributed by atoms with Gasteiger partial charge in [0, 0.05) is 5.69 Å². The summed E-state index contributed by atoms with van der Waals surface area (Å²) in [6.45, 7) is 3.24. The van der Waals surface area contributed by atoms with E-state index in [1.807, 2.05) is 0 Å². The quantitative estimate of drug-likeness (QED) is 0.614. The summed E-state index contributed by atoms with van der Waals surface area (Å²) in [5.74, 6) is 0.823. The van der Waals surface area contributed by atoms with Crippen molar-refractivity contribution >= 4 is 17.5 Å². The molecule has 0 radical (unpaired) electrons. The maximum atomic E-state index is 12.0. The third kappa shape index (κ3) is 6.92. The molecule has 0 aliphatic carbocycles. The number of carbonyl (C=O) groups is 2. The standard InChI is InChI=1S/C21H26N2O5/c1-21(2,14-24)23-19(25)12-15-4-6-16(7-5-15)22-20(26)13-28-18-10-8-17(27-3)9-11-18/h4-11,24H,12-14H2,1-3H3,(H,22,26)(H,23,25). The molecule has 2 aromatic carbocycles. The fourth-order valence-electron chi connectivity index (χ4n) is 2.37. The average Bonchev–Trinajstić information content (AvgIpc) is 2.68. The summed E-state index contributed by atoms with van der Waals surface area (Å²) in [5.41, 5.74) is 0.761. The summed E-state index contributed by atoms with van der Waals surface area (Å²) >= 11 is 0. The van der Waals surface area contributed by atoms with Crippen molar-refractivity contribution in [3.05, 3.63) is 54.1 Å². The van der Waals surface area contributed by atoms with Crippen LogP contribution in [0.2, 0.25) is 0 Å². The van der Waals surface area contributed by atoms with Gasteiger partial charge in [-0.1, -0.05) is 12.1 Å². The SMILES string of the molecule is COc1ccc(OCC(=O)Nc2ccc(CC(=O)NC(C)(C)CO)cc2)cc1. The van der Waals surface area contributed by atoms with Crippen LogP contribution in [0.4, 0.5) is 5.69 Å². The number of nitrogens with one attached hydrogen (secondary N) is 2. The number of amides is 2. The third-order valence-corrected chi connectivity index (χ3v) is 3.90. The minimum atomic E-state index is -0.658. The number of benzene rings is 2. The molecule has 7 heteroatoms. The fraction of sp³-hybridized carbons (Fsp3) is 0.333. The zero-order chi connectivity index (χ0) is 20.6. The number of methoxy groups -OCH3 is 1. The van der Waals surface area contributed by atoms with Gasteiger partial charge in [0.25, 0.3) is 5.91 Å². The number of carbonyl (C=O) groups excluding carboxylic acids is 2. The van der Waals surface area contributed by atoms with Crippen LogP contribution < -0.4 is 20.1 Å². The predicted octanol–water partition coefficient (Wildman–Crippen LogP) is 2.14. The molecule has 150 valence electrons. The second kappa shape index (κ2) is 9.75. The molecule has 0 unspecified atom stereocenters. The van der Waals surface area contributed by atoms with Crippen molar-refractivity contribution in [1.82, 2.24) is 5.32 Å². The molecule has 0 aliphatic rings. The van der Waals surface area contributed by atoms with Gasteiger partial charge in [-0.3, -0.25) is 9.59 Å². The number of hydrogen-bond acceptors (Lipinski definition) is 5. The van der Waals surface area contributed by atoms with Gasteiger partial charge in [0.1, 0.15) is 11.5 Å². The monoisotopic (exact) mass is 386 g/mol. The molecule has 0 aliphatic heterocycles. The molecule has 2 amide bonds. The van der Waals surface area contributed by atoms with E-state index in [9.17, 15) is 14.7 Å². The van der Waals surface area contributed by atoms with Crippen LogP contribution in [0.1, 0.15) is 19.4 Å². The van der Waals surface area contributed by atoms with Gasteiger partial charge >= 0.3 is 0 Å². The van der Waals surface area contributed by atoms with E-state index in [0.717, 1.165) is 5.56 Å². The summed E-state index contributed by atoms with van der Waals surface area (Å²) in [6.07, 6.45) is 0.193. The van der Waals surface area contributed by atoms with Gasteiger partial charge < -0.3 is 25.2 Å². The molecule has 0 spiro atoms. The molecule has 0 aromatic heterocycles. The Hall–Kier alpha value is -3.06. The van der Waals surface area contributed by atoms with Crippen molar-refractivity contribution < 1.29 is 24.2 Å². The van der Waals surface area contributed by atoms with E-state index < -0.39 is 5.54 Å². The molecule has 2 rings (SSSR count). The number of anilines is 1. The number of aliphatic hydroxyl groups excluding tert-OH is 1. The van der Waals surface area contributed by atoms with Crippen molar-refractivity contribution in [2.24, 2.45) is 0 Å². The van der Waals surface area contributed by atoms with Gasteiger partial charge in [-0.05, 0) is 55.8 Å². The second-order valence-corrected chi connectivity index (χ2v) is 6.98. The first kappa shape index (κ1) is 21.2. The van der Waals surface area contributed by atoms with Crippen LogP contribution in [0.3, 0.4) is 0 Å². The van der Waals surface area contributed by atoms with Gasteiger partial charge in [-0.25, -0.2) is 0 Å². The fourth-order valence-corrected chi connectivity index (χ4v) is 2.37. The van der Waals surface area contributed by atoms with Gasteiger partial charge in [0.15, 0.2) is 6.61 Å². The molecular formula is C21H26N2O5. The van der Waals surface area contributed by atoms with Gasteiger partial charge in [0.05, 0.1) is 25.7 Å². The average molecular weight is 386 g/mol. The van der Waals surface area contributed by atoms with Gasteiger partial charge in [-0.2, -0.15) is 0 Å². The van der Waals surface area contributed by atoms with Crippen molar-refractivity contribution in [1.29, 1.82) is 0 Å². The summed E-state index contributed by atoms with van der Waals surface area (Å²) in [5, 5.41) is 14.7. The van der Waals surface area contributed by atoms with Crippen LogP contribution >= 0.6 is 0 Å². The Morgan fingerprint density at radius 1 is 0.964 bits per heavy atom. The van der Waals surface area contributed by atoms with Crippen LogP contribution in [0.5, 0.6) is 11.5 Å². The van der Waals surface area contributed by atoms with Gasteiger partial charge in [-0.15, -0.1) is 0 Å². The zero-order valence-corrected chi connectivity index (χ0v) is 16.3. The highest BCUT2D eigenvalue weighted by molar-refractivity contribution is 5.92. The summed E-state index contributed by atoms with van der Waals surface area (Å²) < 4.78 is 10.5. The summed E-state index contributed by atoms with van der Waals surface area (Å²) in [4.78, 5) is 24.0. The van der Waals surface area contributed by atoms with Crippen LogP contribution in [-0.2, 0) is 16.0 Å². The smallest absolute Gasteiger partial charge is 0.262 e. The Labute approximate surface area is 164 Å². The third-order valence-electron chi connectivity index (χ3n) is 3.90. The van der Waals surface area contributed by atoms with Crippen molar-refractivity contribution in [2.45, 2.75) is 25.8 Å². The first-order valence-corrected chi connectivity index (χ1v) is 8.89. The van der Waals surface area contributed by atoms with Crippen molar-refractivity contribution in [2.75, 3.05) is 25.6 Å². The Kier molecular flexibility index (Phi) is 7.40. The lowest BCUT2D eigenvalue weighted by atomic mass is 10.1. The number of hydrogen-bond donors (Lipinski definition) is 3. The Morgan fingerprint density at radius 2 is 1.57 bits per heavy atom. The Balaban J connectivity index is 1.80. The van der Waals surface area contributed by atoms with Crippen molar-refractivity contribution in [3.8, 4) is 11.5 Å². The Bertz CT molecular complexity index is 785. The van der Waals surface area contributed by atoms with E-state index in [0.29, 0.717) is 17.2 Å². The maximum Gasteiger partial charge on any atom is 0.262 e. The lowest BCUT2D eigenvalue weighted by Gasteiger charge is -2.23. The van der Waals surface area contributed by atoms with E-state index in [1.165, 1.54) is 0 Å². The summed E-state index contributed by atoms with van der Waals surface area (Å²) in [7, 11) is 1.58. The number of ether oxygens (including phenoxy) is 2. The highest BCUT2D eigenvalue weighted by atomic mass is 16.5. The Morgan fingerprint density at radius 3 is 2.14 bits per heavy atom. The lowest BCUT2D eigenvalue weighted by Crippen LogP contribution is -2.46. The van der Waals surface area contributed by atoms with Crippen LogP contribution in [-0.4, -0.2) is 42.8 Å². The molecule has 0 atom stereocenters. The van der Waals surface area contributed by atoms with Crippen LogP contribution in [0, 0.1) is 0 Å². The molecule has 0 fully saturated rings. The molecule has 28 heavy (non-hydrogen) atoms. The molecule has 3 N–H and O–H groups in total. The van der Waals surface area contributed by atoms with E-state index >= 15 is 0 Å². The predicted molar refractivity (Wildman–Crippen MR) is 107 cm³/mol. The van der Waals surface area contributed by atoms with E-state index in [4.69, 9.17) is 9.47 Å². The van der Waals surface area contributed by atoms with E-state index in [-0.39, 0.29) is 31.4 Å². The highest BCUT2D eigenvalue weighted by Gasteiger charge is 2.19. The van der Waals surface area contributed by atoms with E-state index in [1.54, 1.807) is 69.5 Å². The van der Waals surface area contributed by atoms with Gasteiger partial charge in [0.2, 0.25) is 5.91 Å². The molecule has 0 heterocycles.